The number of oxazole rings is 1. The summed E-state index contributed by atoms with van der Waals surface area (Å²) in [7, 11) is 0. The van der Waals surface area contributed by atoms with Gasteiger partial charge in [-0.15, -0.1) is 0 Å². The Hall–Kier alpha value is -3.60. The molecule has 0 saturated heterocycles. The van der Waals surface area contributed by atoms with Crippen molar-refractivity contribution in [2.75, 3.05) is 6.61 Å². The molecule has 1 aliphatic carbocycles. The van der Waals surface area contributed by atoms with Gasteiger partial charge in [-0.3, -0.25) is 4.79 Å². The second-order valence-corrected chi connectivity index (χ2v) is 7.66. The summed E-state index contributed by atoms with van der Waals surface area (Å²) in [6.45, 7) is -0.839. The zero-order valence-corrected chi connectivity index (χ0v) is 17.8. The summed E-state index contributed by atoms with van der Waals surface area (Å²) in [5, 5.41) is 2.69. The van der Waals surface area contributed by atoms with E-state index in [1.54, 1.807) is 25.4 Å². The predicted molar refractivity (Wildman–Crippen MR) is 113 cm³/mol. The summed E-state index contributed by atoms with van der Waals surface area (Å²) in [6.07, 6.45) is 5.21. The van der Waals surface area contributed by atoms with Crippen molar-refractivity contribution < 1.29 is 27.5 Å². The number of aromatic nitrogens is 3. The number of nitrogens with two attached hydrogens (primary N) is 1. The van der Waals surface area contributed by atoms with Crippen LogP contribution in [0.25, 0.3) is 11.5 Å². The summed E-state index contributed by atoms with van der Waals surface area (Å²) < 4.78 is 41.6. The van der Waals surface area contributed by atoms with Gasteiger partial charge in [0.05, 0.1) is 19.2 Å². The molecule has 2 heterocycles. The molecule has 33 heavy (non-hydrogen) atoms. The van der Waals surface area contributed by atoms with Crippen LogP contribution in [-0.4, -0.2) is 34.1 Å². The first-order valence-electron chi connectivity index (χ1n) is 10.4. The quantitative estimate of drug-likeness (QED) is 0.472. The van der Waals surface area contributed by atoms with Crippen LogP contribution in [0.3, 0.4) is 0 Å². The topological polar surface area (TPSA) is 125 Å². The van der Waals surface area contributed by atoms with Crippen LogP contribution in [0.2, 0.25) is 0 Å². The molecule has 0 spiro atoms. The van der Waals surface area contributed by atoms with E-state index >= 15 is 0 Å². The SMILES string of the molecule is C[C@H](N)c1oc(-c2ccc(OC(F)F)c(OCC3CC3)c2)nc1C(=O)NCc1ncccn1. The molecule has 0 aliphatic heterocycles. The molecule has 1 amide bonds. The third-order valence-electron chi connectivity index (χ3n) is 4.89. The van der Waals surface area contributed by atoms with E-state index < -0.39 is 18.6 Å². The molecule has 1 aliphatic rings. The lowest BCUT2D eigenvalue weighted by molar-refractivity contribution is -0.0515. The van der Waals surface area contributed by atoms with Crippen LogP contribution in [0.5, 0.6) is 11.5 Å². The zero-order valence-electron chi connectivity index (χ0n) is 17.8. The van der Waals surface area contributed by atoms with Gasteiger partial charge < -0.3 is 24.9 Å². The van der Waals surface area contributed by atoms with Crippen molar-refractivity contribution in [2.45, 2.75) is 39.0 Å². The van der Waals surface area contributed by atoms with Crippen LogP contribution in [0.4, 0.5) is 8.78 Å². The van der Waals surface area contributed by atoms with E-state index in [0.29, 0.717) is 23.9 Å². The Morgan fingerprint density at radius 3 is 2.70 bits per heavy atom. The molecule has 1 saturated carbocycles. The predicted octanol–water partition coefficient (Wildman–Crippen LogP) is 3.47. The van der Waals surface area contributed by atoms with Gasteiger partial charge in [0.1, 0.15) is 5.82 Å². The number of rotatable bonds is 10. The second kappa shape index (κ2) is 9.90. The molecule has 0 radical (unpaired) electrons. The fourth-order valence-corrected chi connectivity index (χ4v) is 3.03. The van der Waals surface area contributed by atoms with Crippen LogP contribution < -0.4 is 20.5 Å². The monoisotopic (exact) mass is 459 g/mol. The van der Waals surface area contributed by atoms with Gasteiger partial charge in [0.15, 0.2) is 23.0 Å². The van der Waals surface area contributed by atoms with E-state index in [2.05, 4.69) is 25.0 Å². The number of benzene rings is 1. The van der Waals surface area contributed by atoms with Crippen molar-refractivity contribution in [3.63, 3.8) is 0 Å². The Bertz CT molecular complexity index is 1100. The first kappa shape index (κ1) is 22.6. The van der Waals surface area contributed by atoms with Crippen LogP contribution in [-0.2, 0) is 6.54 Å². The number of alkyl halides is 2. The maximum Gasteiger partial charge on any atom is 0.387 e. The van der Waals surface area contributed by atoms with Crippen LogP contribution in [0.1, 0.15) is 47.9 Å². The number of hydrogen-bond donors (Lipinski definition) is 2. The van der Waals surface area contributed by atoms with Gasteiger partial charge in [-0.1, -0.05) is 0 Å². The third-order valence-corrected chi connectivity index (χ3v) is 4.89. The maximum atomic E-state index is 12.8. The minimum atomic E-state index is -2.99. The van der Waals surface area contributed by atoms with Crippen LogP contribution in [0, 0.1) is 5.92 Å². The van der Waals surface area contributed by atoms with Gasteiger partial charge in [-0.25, -0.2) is 15.0 Å². The maximum absolute atomic E-state index is 12.8. The lowest BCUT2D eigenvalue weighted by atomic mass is 10.2. The lowest BCUT2D eigenvalue weighted by Crippen LogP contribution is -2.26. The molecule has 1 fully saturated rings. The molecule has 11 heteroatoms. The molecule has 2 aromatic heterocycles. The van der Waals surface area contributed by atoms with Gasteiger partial charge in [0.2, 0.25) is 5.89 Å². The number of hydrogen-bond acceptors (Lipinski definition) is 8. The number of nitrogens with zero attached hydrogens (tertiary/aromatic N) is 3. The minimum Gasteiger partial charge on any atom is -0.489 e. The van der Waals surface area contributed by atoms with Gasteiger partial charge in [0.25, 0.3) is 5.91 Å². The van der Waals surface area contributed by atoms with Crippen molar-refractivity contribution in [3.05, 3.63) is 53.9 Å². The molecular weight excluding hydrogens is 436 g/mol. The Morgan fingerprint density at radius 1 is 1.27 bits per heavy atom. The standard InChI is InChI=1S/C22H23F2N5O4/c1-12(25)19-18(20(30)28-10-17-26-7-2-8-27-17)29-21(33-19)14-5-6-15(32-22(23)24)16(9-14)31-11-13-3-4-13/h2,5-9,12-13,22H,3-4,10-11,25H2,1H3,(H,28,30)/t12-/m0/s1. The molecule has 3 N–H and O–H groups in total. The van der Waals surface area contributed by atoms with Crippen molar-refractivity contribution in [1.82, 2.24) is 20.3 Å². The largest absolute Gasteiger partial charge is 0.489 e. The molecule has 1 atom stereocenters. The van der Waals surface area contributed by atoms with Crippen molar-refractivity contribution in [2.24, 2.45) is 11.7 Å². The van der Waals surface area contributed by atoms with Crippen LogP contribution in [0.15, 0.2) is 41.1 Å². The Kier molecular flexibility index (Phi) is 6.78. The molecule has 174 valence electrons. The van der Waals surface area contributed by atoms with Crippen molar-refractivity contribution >= 4 is 5.91 Å². The Morgan fingerprint density at radius 2 is 2.03 bits per heavy atom. The number of ether oxygens (including phenoxy) is 2. The van der Waals surface area contributed by atoms with Crippen molar-refractivity contribution in [1.29, 1.82) is 0 Å². The number of carbonyl (C=O) groups excluding carboxylic acids is 1. The Balaban J connectivity index is 1.58. The first-order chi connectivity index (χ1) is 15.9. The lowest BCUT2D eigenvalue weighted by Gasteiger charge is -2.12. The summed E-state index contributed by atoms with van der Waals surface area (Å²) in [6, 6.07) is 5.40. The molecule has 3 aromatic rings. The van der Waals surface area contributed by atoms with E-state index in [-0.39, 0.29) is 35.4 Å². The van der Waals surface area contributed by atoms with Gasteiger partial charge in [-0.05, 0) is 49.9 Å². The second-order valence-electron chi connectivity index (χ2n) is 7.66. The normalized spacial score (nSPS) is 14.2. The van der Waals surface area contributed by atoms with Crippen LogP contribution >= 0.6 is 0 Å². The number of carbonyl (C=O) groups is 1. The van der Waals surface area contributed by atoms with E-state index in [0.717, 1.165) is 12.8 Å². The highest BCUT2D eigenvalue weighted by Gasteiger charge is 2.26. The molecule has 1 aromatic carbocycles. The zero-order chi connectivity index (χ0) is 23.4. The van der Waals surface area contributed by atoms with Gasteiger partial charge >= 0.3 is 6.61 Å². The minimum absolute atomic E-state index is 0.0179. The van der Waals surface area contributed by atoms with Gasteiger partial charge in [0, 0.05) is 18.0 Å². The number of nitrogens with one attached hydrogen (secondary N) is 1. The molecule has 0 unspecified atom stereocenters. The highest BCUT2D eigenvalue weighted by atomic mass is 19.3. The van der Waals surface area contributed by atoms with E-state index in [1.165, 1.54) is 18.2 Å². The Labute approximate surface area is 188 Å². The summed E-state index contributed by atoms with van der Waals surface area (Å²) >= 11 is 0. The van der Waals surface area contributed by atoms with Gasteiger partial charge in [-0.2, -0.15) is 8.78 Å². The summed E-state index contributed by atoms with van der Waals surface area (Å²) in [5.41, 5.74) is 6.42. The summed E-state index contributed by atoms with van der Waals surface area (Å²) in [4.78, 5) is 25.2. The summed E-state index contributed by atoms with van der Waals surface area (Å²) in [5.74, 6) is 0.676. The molecule has 0 bridgehead atoms. The van der Waals surface area contributed by atoms with E-state index in [1.807, 2.05) is 0 Å². The average Bonchev–Trinajstić information content (AvgIpc) is 3.52. The van der Waals surface area contributed by atoms with E-state index in [4.69, 9.17) is 14.9 Å². The number of halogens is 2. The number of amides is 1. The molecule has 4 rings (SSSR count). The molecular formula is C22H23F2N5O4. The van der Waals surface area contributed by atoms with E-state index in [9.17, 15) is 13.6 Å². The van der Waals surface area contributed by atoms with Crippen molar-refractivity contribution in [3.8, 4) is 23.0 Å². The third kappa shape index (κ3) is 5.80. The molecule has 9 nitrogen and oxygen atoms in total. The smallest absolute Gasteiger partial charge is 0.387 e. The first-order valence-corrected chi connectivity index (χ1v) is 10.4. The fraction of sp³-hybridized carbons (Fsp3) is 0.364. The fourth-order valence-electron chi connectivity index (χ4n) is 3.03. The average molecular weight is 459 g/mol. The highest BCUT2D eigenvalue weighted by Crippen LogP contribution is 2.37. The highest BCUT2D eigenvalue weighted by molar-refractivity contribution is 5.93.